The monoisotopic (exact) mass is 867 g/mol. The molecule has 2 aliphatic carbocycles. The standard InChI is InChI=1S/C41H44F3N7O7S2/c1-6-23-18-40(23,37(54)50-60(55,56)26-15-16-26)49-34(52)28-17-25(19-51(28)36(53)32(39(3,4)5)47-38-45-21(2)20-59-38)57-35-31-30(27-9-7-8-10-29(27)58-31)46-33(48-35)22-11-13-24(14-12-22)41(42,43)44/h7-14,20,23,25-26,28,32H,6,15-19H2,1-5H3,(H,45,47)(H,49,52)(H,50,54)/t23-,25-,28+,32-,40-/m1/s1. The molecule has 0 unspecified atom stereocenters. The highest BCUT2D eigenvalue weighted by atomic mass is 32.2. The molecule has 1 aliphatic heterocycles. The van der Waals surface area contributed by atoms with Crippen molar-refractivity contribution < 1.29 is 45.1 Å². The van der Waals surface area contributed by atoms with Crippen LogP contribution in [0.25, 0.3) is 33.5 Å². The summed E-state index contributed by atoms with van der Waals surface area (Å²) >= 11 is 1.33. The lowest BCUT2D eigenvalue weighted by Crippen LogP contribution is -2.58. The lowest BCUT2D eigenvalue weighted by molar-refractivity contribution is -0.141. The number of carbonyl (C=O) groups excluding carboxylic acids is 3. The molecule has 3 aliphatic rings. The number of sulfonamides is 1. The van der Waals surface area contributed by atoms with Gasteiger partial charge < -0.3 is 24.7 Å². The molecule has 5 atom stereocenters. The quantitative estimate of drug-likeness (QED) is 0.123. The van der Waals surface area contributed by atoms with Gasteiger partial charge in [-0.1, -0.05) is 58.4 Å². The fourth-order valence-corrected chi connectivity index (χ4v) is 9.85. The molecule has 2 saturated carbocycles. The minimum Gasteiger partial charge on any atom is -0.470 e. The third kappa shape index (κ3) is 8.00. The topological polar surface area (TPSA) is 186 Å². The van der Waals surface area contributed by atoms with Crippen molar-refractivity contribution in [3.05, 3.63) is 65.2 Å². The Kier molecular flexibility index (Phi) is 10.4. The van der Waals surface area contributed by atoms with Crippen molar-refractivity contribution in [2.24, 2.45) is 11.3 Å². The van der Waals surface area contributed by atoms with Gasteiger partial charge >= 0.3 is 6.18 Å². The van der Waals surface area contributed by atoms with E-state index in [2.05, 4.69) is 30.3 Å². The summed E-state index contributed by atoms with van der Waals surface area (Å²) in [6.45, 7) is 9.18. The molecule has 5 aromatic rings. The van der Waals surface area contributed by atoms with Crippen LogP contribution in [0.3, 0.4) is 0 Å². The molecule has 60 heavy (non-hydrogen) atoms. The van der Waals surface area contributed by atoms with Crippen LogP contribution in [0, 0.1) is 18.3 Å². The normalized spacial score (nSPS) is 22.5. The van der Waals surface area contributed by atoms with Crippen molar-refractivity contribution in [3.63, 3.8) is 0 Å². The number of hydrogen-bond donors (Lipinski definition) is 3. The molecule has 1 saturated heterocycles. The van der Waals surface area contributed by atoms with E-state index in [0.717, 1.165) is 17.8 Å². The zero-order valence-electron chi connectivity index (χ0n) is 33.4. The number of para-hydroxylation sites is 1. The van der Waals surface area contributed by atoms with Crippen LogP contribution in [0.2, 0.25) is 0 Å². The molecule has 2 aromatic carbocycles. The first-order chi connectivity index (χ1) is 28.3. The molecule has 0 spiro atoms. The Morgan fingerprint density at radius 3 is 2.38 bits per heavy atom. The highest BCUT2D eigenvalue weighted by Gasteiger charge is 2.62. The van der Waals surface area contributed by atoms with Gasteiger partial charge in [-0.25, -0.2) is 18.4 Å². The number of benzene rings is 2. The van der Waals surface area contributed by atoms with Crippen molar-refractivity contribution in [2.45, 2.75) is 102 Å². The number of rotatable bonds is 12. The molecule has 3 amide bonds. The Bertz CT molecular complexity index is 2600. The smallest absolute Gasteiger partial charge is 0.416 e. The summed E-state index contributed by atoms with van der Waals surface area (Å²) in [5.74, 6) is -2.25. The number of fused-ring (bicyclic) bond motifs is 3. The number of carbonyl (C=O) groups is 3. The molecule has 8 rings (SSSR count). The van der Waals surface area contributed by atoms with E-state index in [9.17, 15) is 36.0 Å². The van der Waals surface area contributed by atoms with Gasteiger partial charge in [0.25, 0.3) is 11.8 Å². The fraction of sp³-hybridized carbons (Fsp3) is 0.463. The molecule has 19 heteroatoms. The van der Waals surface area contributed by atoms with Gasteiger partial charge in [0.1, 0.15) is 34.8 Å². The van der Waals surface area contributed by atoms with Crippen LogP contribution >= 0.6 is 11.3 Å². The molecular weight excluding hydrogens is 824 g/mol. The van der Waals surface area contributed by atoms with Crippen molar-refractivity contribution in [1.29, 1.82) is 0 Å². The first kappa shape index (κ1) is 41.4. The van der Waals surface area contributed by atoms with E-state index in [1.807, 2.05) is 40.0 Å². The number of ether oxygens (including phenoxy) is 1. The molecule has 3 aromatic heterocycles. The molecule has 318 valence electrons. The summed E-state index contributed by atoms with van der Waals surface area (Å²) in [4.78, 5) is 58.2. The number of alkyl halides is 3. The number of amides is 3. The maximum Gasteiger partial charge on any atom is 0.416 e. The van der Waals surface area contributed by atoms with Gasteiger partial charge in [0.2, 0.25) is 27.4 Å². The molecule has 3 fully saturated rings. The first-order valence-corrected chi connectivity index (χ1v) is 22.1. The lowest BCUT2D eigenvalue weighted by atomic mass is 9.85. The van der Waals surface area contributed by atoms with Crippen LogP contribution in [0.1, 0.15) is 71.1 Å². The predicted molar refractivity (Wildman–Crippen MR) is 217 cm³/mol. The maximum absolute atomic E-state index is 14.8. The van der Waals surface area contributed by atoms with E-state index in [1.54, 1.807) is 24.3 Å². The van der Waals surface area contributed by atoms with Gasteiger partial charge in [0, 0.05) is 22.8 Å². The molecule has 4 heterocycles. The Morgan fingerprint density at radius 2 is 1.77 bits per heavy atom. The van der Waals surface area contributed by atoms with Crippen LogP contribution in [-0.2, 0) is 30.6 Å². The number of halogens is 3. The van der Waals surface area contributed by atoms with Gasteiger partial charge in [-0.15, -0.1) is 11.3 Å². The van der Waals surface area contributed by atoms with Gasteiger partial charge in [-0.3, -0.25) is 19.1 Å². The summed E-state index contributed by atoms with van der Waals surface area (Å²) in [5.41, 5.74) is -1.04. The highest BCUT2D eigenvalue weighted by Crippen LogP contribution is 2.47. The summed E-state index contributed by atoms with van der Waals surface area (Å²) in [7, 11) is -3.92. The zero-order chi connectivity index (χ0) is 42.9. The number of anilines is 1. The summed E-state index contributed by atoms with van der Waals surface area (Å²) in [6, 6.07) is 9.38. The van der Waals surface area contributed by atoms with Gasteiger partial charge in [-0.05, 0) is 61.8 Å². The van der Waals surface area contributed by atoms with Crippen molar-refractivity contribution in [1.82, 2.24) is 29.9 Å². The van der Waals surface area contributed by atoms with E-state index in [0.29, 0.717) is 40.9 Å². The Morgan fingerprint density at radius 1 is 1.05 bits per heavy atom. The van der Waals surface area contributed by atoms with Crippen molar-refractivity contribution in [3.8, 4) is 17.3 Å². The number of nitrogens with one attached hydrogen (secondary N) is 3. The van der Waals surface area contributed by atoms with Crippen molar-refractivity contribution in [2.75, 3.05) is 11.9 Å². The highest BCUT2D eigenvalue weighted by molar-refractivity contribution is 7.91. The number of aryl methyl sites for hydroxylation is 1. The minimum absolute atomic E-state index is 0.0531. The molecular formula is C41H44F3N7O7S2. The lowest BCUT2D eigenvalue weighted by Gasteiger charge is -2.35. The maximum atomic E-state index is 14.8. The van der Waals surface area contributed by atoms with Crippen LogP contribution in [-0.4, -0.2) is 81.5 Å². The van der Waals surface area contributed by atoms with Crippen LogP contribution < -0.4 is 20.1 Å². The number of thiazole rings is 1. The van der Waals surface area contributed by atoms with E-state index < -0.39 is 73.9 Å². The number of hydrogen-bond acceptors (Lipinski definition) is 12. The van der Waals surface area contributed by atoms with E-state index in [4.69, 9.17) is 9.15 Å². The van der Waals surface area contributed by atoms with Crippen LogP contribution in [0.5, 0.6) is 5.88 Å². The second kappa shape index (κ2) is 15.0. The Hall–Kier alpha value is -5.30. The summed E-state index contributed by atoms with van der Waals surface area (Å²) < 4.78 is 80.9. The van der Waals surface area contributed by atoms with E-state index in [1.165, 1.54) is 28.4 Å². The van der Waals surface area contributed by atoms with Gasteiger partial charge in [0.05, 0.1) is 23.1 Å². The Balaban J connectivity index is 1.15. The third-order valence-electron chi connectivity index (χ3n) is 11.3. The first-order valence-electron chi connectivity index (χ1n) is 19.7. The number of aromatic nitrogens is 3. The minimum atomic E-state index is -4.55. The van der Waals surface area contributed by atoms with Crippen LogP contribution in [0.4, 0.5) is 18.3 Å². The predicted octanol–water partition coefficient (Wildman–Crippen LogP) is 6.60. The molecule has 3 N–H and O–H groups in total. The average Bonchev–Trinajstić information content (AvgIpc) is 4.04. The Labute approximate surface area is 347 Å². The zero-order valence-corrected chi connectivity index (χ0v) is 35.1. The average molecular weight is 868 g/mol. The van der Waals surface area contributed by atoms with Crippen molar-refractivity contribution >= 4 is 66.3 Å². The SMILES string of the molecule is CC[C@@H]1C[C@]1(NC(=O)[C@@H]1C[C@@H](Oc2nc(-c3ccc(C(F)(F)F)cc3)nc3c2oc2ccccc23)CN1C(=O)[C@@H](Nc1nc(C)cs1)C(C)(C)C)C(=O)NS(=O)(=O)C1CC1. The molecule has 0 radical (unpaired) electrons. The number of furan rings is 1. The largest absolute Gasteiger partial charge is 0.470 e. The van der Waals surface area contributed by atoms with Crippen LogP contribution in [0.15, 0.2) is 58.3 Å². The third-order valence-corrected chi connectivity index (χ3v) is 14.0. The fourth-order valence-electron chi connectivity index (χ4n) is 7.77. The second-order valence-corrected chi connectivity index (χ2v) is 19.7. The molecule has 14 nitrogen and oxygen atoms in total. The summed E-state index contributed by atoms with van der Waals surface area (Å²) in [6.07, 6.45) is -3.91. The molecule has 0 bridgehead atoms. The number of nitrogens with zero attached hydrogens (tertiary/aromatic N) is 4. The van der Waals surface area contributed by atoms with E-state index in [-0.39, 0.29) is 48.2 Å². The van der Waals surface area contributed by atoms with Gasteiger partial charge in [0.15, 0.2) is 11.0 Å². The number of likely N-dealkylation sites (tertiary alicyclic amines) is 1. The van der Waals surface area contributed by atoms with Gasteiger partial charge in [-0.2, -0.15) is 18.2 Å². The van der Waals surface area contributed by atoms with E-state index >= 15 is 0 Å². The summed E-state index contributed by atoms with van der Waals surface area (Å²) in [5, 5.41) is 8.43. The second-order valence-electron chi connectivity index (χ2n) is 16.9.